The summed E-state index contributed by atoms with van der Waals surface area (Å²) in [5, 5.41) is 0.115. The Hall–Kier alpha value is -0.0200. The van der Waals surface area contributed by atoms with E-state index in [1.165, 1.54) is 0 Å². The molecule has 0 aliphatic carbocycles. The van der Waals surface area contributed by atoms with Gasteiger partial charge in [-0.3, -0.25) is 4.21 Å². The smallest absolute Gasteiger partial charge is 0.0345 e. The van der Waals surface area contributed by atoms with Crippen LogP contribution < -0.4 is 4.72 Å². The first kappa shape index (κ1) is 12.0. The maximum absolute atomic E-state index is 11.6. The van der Waals surface area contributed by atoms with Gasteiger partial charge < -0.3 is 0 Å². The van der Waals surface area contributed by atoms with E-state index in [1.807, 2.05) is 13.8 Å². The molecule has 1 unspecified atom stereocenters. The van der Waals surface area contributed by atoms with E-state index in [0.717, 1.165) is 13.0 Å². The second-order valence-electron chi connectivity index (χ2n) is 3.85. The summed E-state index contributed by atoms with van der Waals surface area (Å²) < 4.78 is 14.7. The highest BCUT2D eigenvalue weighted by Crippen LogP contribution is 2.00. The SMILES string of the molecule is C=S(=O)(NCCC(C)C)C(C)C. The van der Waals surface area contributed by atoms with Gasteiger partial charge in [-0.25, -0.2) is 4.72 Å². The van der Waals surface area contributed by atoms with Crippen molar-refractivity contribution in [3.05, 3.63) is 0 Å². The number of rotatable bonds is 5. The van der Waals surface area contributed by atoms with E-state index in [1.54, 1.807) is 0 Å². The van der Waals surface area contributed by atoms with E-state index in [-0.39, 0.29) is 5.25 Å². The summed E-state index contributed by atoms with van der Waals surface area (Å²) in [6.07, 6.45) is 1.05. The van der Waals surface area contributed by atoms with Crippen molar-refractivity contribution >= 4 is 15.6 Å². The molecule has 12 heavy (non-hydrogen) atoms. The minimum absolute atomic E-state index is 0.115. The lowest BCUT2D eigenvalue weighted by Gasteiger charge is -2.15. The van der Waals surface area contributed by atoms with Crippen molar-refractivity contribution in [2.45, 2.75) is 39.4 Å². The van der Waals surface area contributed by atoms with Crippen LogP contribution in [-0.4, -0.2) is 21.9 Å². The molecule has 74 valence electrons. The molecule has 0 aromatic rings. The molecule has 0 bridgehead atoms. The molecule has 2 nitrogen and oxygen atoms in total. The molecule has 0 amide bonds. The maximum atomic E-state index is 11.6. The molecule has 3 heteroatoms. The van der Waals surface area contributed by atoms with Gasteiger partial charge in [0, 0.05) is 21.5 Å². The van der Waals surface area contributed by atoms with Crippen LogP contribution >= 0.6 is 0 Å². The second kappa shape index (κ2) is 4.87. The van der Waals surface area contributed by atoms with E-state index < -0.39 is 9.71 Å². The van der Waals surface area contributed by atoms with Crippen LogP contribution in [-0.2, 0) is 9.71 Å². The largest absolute Gasteiger partial charge is 0.253 e. The van der Waals surface area contributed by atoms with Crippen LogP contribution in [0.1, 0.15) is 34.1 Å². The molecule has 0 saturated carbocycles. The Balaban J connectivity index is 3.79. The van der Waals surface area contributed by atoms with E-state index in [0.29, 0.717) is 5.92 Å². The molecule has 0 heterocycles. The Morgan fingerprint density at radius 2 is 1.83 bits per heavy atom. The zero-order valence-electron chi connectivity index (χ0n) is 8.59. The predicted molar refractivity (Wildman–Crippen MR) is 57.9 cm³/mol. The van der Waals surface area contributed by atoms with Crippen LogP contribution in [0.4, 0.5) is 0 Å². The molecule has 0 fully saturated rings. The third-order valence-electron chi connectivity index (χ3n) is 1.83. The van der Waals surface area contributed by atoms with Crippen molar-refractivity contribution in [2.24, 2.45) is 5.92 Å². The van der Waals surface area contributed by atoms with E-state index in [9.17, 15) is 4.21 Å². The Labute approximate surface area is 76.9 Å². The van der Waals surface area contributed by atoms with Crippen LogP contribution in [0.2, 0.25) is 0 Å². The average Bonchev–Trinajstić information content (AvgIpc) is 1.85. The summed E-state index contributed by atoms with van der Waals surface area (Å²) in [5.74, 6) is 4.34. The highest BCUT2D eigenvalue weighted by Gasteiger charge is 2.07. The lowest BCUT2D eigenvalue weighted by atomic mass is 10.1. The molecule has 0 aliphatic heterocycles. The monoisotopic (exact) mass is 191 g/mol. The molecule has 1 atom stereocenters. The van der Waals surface area contributed by atoms with Gasteiger partial charge in [0.05, 0.1) is 0 Å². The molecule has 0 spiro atoms. The Morgan fingerprint density at radius 1 is 1.33 bits per heavy atom. The number of hydrogen-bond donors (Lipinski definition) is 1. The van der Waals surface area contributed by atoms with Crippen molar-refractivity contribution in [3.8, 4) is 0 Å². The van der Waals surface area contributed by atoms with Gasteiger partial charge in [-0.15, -0.1) is 0 Å². The minimum Gasteiger partial charge on any atom is -0.253 e. The molecule has 0 aromatic carbocycles. The van der Waals surface area contributed by atoms with Crippen LogP contribution in [0.5, 0.6) is 0 Å². The summed E-state index contributed by atoms with van der Waals surface area (Å²) in [6, 6.07) is 0. The Morgan fingerprint density at radius 3 is 2.17 bits per heavy atom. The molecule has 0 radical (unpaired) electrons. The molecule has 0 aromatic heterocycles. The average molecular weight is 191 g/mol. The van der Waals surface area contributed by atoms with Crippen molar-refractivity contribution < 1.29 is 4.21 Å². The van der Waals surface area contributed by atoms with Crippen molar-refractivity contribution in [1.29, 1.82) is 0 Å². The fourth-order valence-electron chi connectivity index (χ4n) is 0.687. The fraction of sp³-hybridized carbons (Fsp3) is 0.889. The third-order valence-corrected chi connectivity index (χ3v) is 4.05. The van der Waals surface area contributed by atoms with E-state index in [4.69, 9.17) is 0 Å². The van der Waals surface area contributed by atoms with Gasteiger partial charge >= 0.3 is 0 Å². The van der Waals surface area contributed by atoms with E-state index in [2.05, 4.69) is 24.4 Å². The van der Waals surface area contributed by atoms with Gasteiger partial charge in [-0.1, -0.05) is 27.7 Å². The van der Waals surface area contributed by atoms with Gasteiger partial charge in [0.1, 0.15) is 0 Å². The van der Waals surface area contributed by atoms with Crippen LogP contribution in [0.15, 0.2) is 0 Å². The van der Waals surface area contributed by atoms with Gasteiger partial charge in [0.15, 0.2) is 0 Å². The fourth-order valence-corrected chi connectivity index (χ4v) is 1.48. The first-order valence-electron chi connectivity index (χ1n) is 4.47. The summed E-state index contributed by atoms with van der Waals surface area (Å²) in [5.41, 5.74) is 0. The Bertz CT molecular complexity index is 205. The molecule has 0 rings (SSSR count). The zero-order valence-corrected chi connectivity index (χ0v) is 9.41. The highest BCUT2D eigenvalue weighted by atomic mass is 32.2. The van der Waals surface area contributed by atoms with Gasteiger partial charge in [-0.2, -0.15) is 0 Å². The van der Waals surface area contributed by atoms with Crippen molar-refractivity contribution in [1.82, 2.24) is 4.72 Å². The normalized spacial score (nSPS) is 16.8. The van der Waals surface area contributed by atoms with Gasteiger partial charge in [0.25, 0.3) is 0 Å². The molecule has 0 aliphatic rings. The van der Waals surface area contributed by atoms with Crippen LogP contribution in [0.3, 0.4) is 0 Å². The molecular formula is C9H21NOS. The lowest BCUT2D eigenvalue weighted by molar-refractivity contribution is 0.576. The minimum atomic E-state index is -2.04. The highest BCUT2D eigenvalue weighted by molar-refractivity contribution is 7.99. The van der Waals surface area contributed by atoms with Crippen molar-refractivity contribution in [3.63, 3.8) is 0 Å². The lowest BCUT2D eigenvalue weighted by Crippen LogP contribution is -2.31. The zero-order chi connectivity index (χ0) is 9.78. The quantitative estimate of drug-likeness (QED) is 0.658. The summed E-state index contributed by atoms with van der Waals surface area (Å²) in [6.45, 7) is 8.97. The standard InChI is InChI=1S/C9H21NOS/c1-8(2)6-7-10-12(5,11)9(3)4/h8-9H,5-7H2,1-4H3,(H,10,11). The third kappa shape index (κ3) is 4.78. The molecule has 0 saturated heterocycles. The van der Waals surface area contributed by atoms with Gasteiger partial charge in [0.2, 0.25) is 0 Å². The van der Waals surface area contributed by atoms with E-state index >= 15 is 0 Å². The maximum Gasteiger partial charge on any atom is 0.0345 e. The summed E-state index contributed by atoms with van der Waals surface area (Å²) in [4.78, 5) is 0. The molecule has 1 N–H and O–H groups in total. The Kier molecular flexibility index (Phi) is 4.87. The molecular weight excluding hydrogens is 170 g/mol. The topological polar surface area (TPSA) is 29.1 Å². The summed E-state index contributed by atoms with van der Waals surface area (Å²) >= 11 is 0. The second-order valence-corrected chi connectivity index (χ2v) is 6.54. The van der Waals surface area contributed by atoms with Crippen LogP contribution in [0, 0.1) is 5.92 Å². The first-order chi connectivity index (χ1) is 5.36. The van der Waals surface area contributed by atoms with Crippen molar-refractivity contribution in [2.75, 3.05) is 6.54 Å². The van der Waals surface area contributed by atoms with Crippen LogP contribution in [0.25, 0.3) is 0 Å². The summed E-state index contributed by atoms with van der Waals surface area (Å²) in [7, 11) is -2.04. The number of nitrogens with one attached hydrogen (secondary N) is 1. The van der Waals surface area contributed by atoms with Gasteiger partial charge in [-0.05, 0) is 18.2 Å². The number of hydrogen-bond acceptors (Lipinski definition) is 1. The first-order valence-corrected chi connectivity index (χ1v) is 6.26. The predicted octanol–water partition coefficient (Wildman–Crippen LogP) is 1.66.